The second-order valence-corrected chi connectivity index (χ2v) is 7.18. The molecular formula is C20H21FN4O4. The smallest absolute Gasteiger partial charge is 0.242 e. The van der Waals surface area contributed by atoms with Crippen LogP contribution in [0, 0.1) is 5.82 Å². The van der Waals surface area contributed by atoms with Gasteiger partial charge in [0.2, 0.25) is 23.6 Å². The molecule has 8 nitrogen and oxygen atoms in total. The van der Waals surface area contributed by atoms with Gasteiger partial charge in [-0.3, -0.25) is 24.2 Å². The van der Waals surface area contributed by atoms with Crippen LogP contribution < -0.4 is 0 Å². The summed E-state index contributed by atoms with van der Waals surface area (Å²) in [5.74, 6) is -0.622. The highest BCUT2D eigenvalue weighted by Crippen LogP contribution is 2.20. The van der Waals surface area contributed by atoms with Crippen LogP contribution in [-0.4, -0.2) is 70.1 Å². The number of carbonyl (C=O) groups excluding carboxylic acids is 3. The molecule has 2 fully saturated rings. The van der Waals surface area contributed by atoms with E-state index in [1.54, 1.807) is 23.3 Å². The predicted molar refractivity (Wildman–Crippen MR) is 99.7 cm³/mol. The predicted octanol–water partition coefficient (Wildman–Crippen LogP) is 1.27. The SMILES string of the molecule is O=C(CN1C(=O)CCC1=O)N1CCN(Cc2coc(-c3ccc(F)cc3)n2)CC1. The lowest BCUT2D eigenvalue weighted by Crippen LogP contribution is -2.51. The van der Waals surface area contributed by atoms with Crippen molar-refractivity contribution in [1.29, 1.82) is 0 Å². The van der Waals surface area contributed by atoms with Crippen LogP contribution in [0.2, 0.25) is 0 Å². The van der Waals surface area contributed by atoms with Gasteiger partial charge in [-0.25, -0.2) is 9.37 Å². The van der Waals surface area contributed by atoms with Crippen LogP contribution in [0.1, 0.15) is 18.5 Å². The van der Waals surface area contributed by atoms with Crippen molar-refractivity contribution in [2.24, 2.45) is 0 Å². The number of imide groups is 1. The van der Waals surface area contributed by atoms with Crippen molar-refractivity contribution in [3.05, 3.63) is 42.0 Å². The maximum Gasteiger partial charge on any atom is 0.242 e. The average molecular weight is 400 g/mol. The minimum atomic E-state index is -0.314. The van der Waals surface area contributed by atoms with E-state index in [-0.39, 0.29) is 42.9 Å². The number of nitrogens with zero attached hydrogens (tertiary/aromatic N) is 4. The molecule has 4 rings (SSSR count). The summed E-state index contributed by atoms with van der Waals surface area (Å²) in [6.07, 6.45) is 1.97. The Morgan fingerprint density at radius 1 is 1.03 bits per heavy atom. The summed E-state index contributed by atoms with van der Waals surface area (Å²) in [6, 6.07) is 5.95. The van der Waals surface area contributed by atoms with Crippen molar-refractivity contribution in [2.45, 2.75) is 19.4 Å². The lowest BCUT2D eigenvalue weighted by molar-refractivity contribution is -0.146. The monoisotopic (exact) mass is 400 g/mol. The molecule has 0 unspecified atom stereocenters. The number of benzene rings is 1. The van der Waals surface area contributed by atoms with Gasteiger partial charge in [0.05, 0.1) is 5.69 Å². The van der Waals surface area contributed by atoms with Crippen LogP contribution in [0.5, 0.6) is 0 Å². The fourth-order valence-corrected chi connectivity index (χ4v) is 3.52. The normalized spacial score (nSPS) is 18.0. The van der Waals surface area contributed by atoms with Gasteiger partial charge in [0.15, 0.2) is 0 Å². The van der Waals surface area contributed by atoms with Gasteiger partial charge in [-0.05, 0) is 24.3 Å². The zero-order valence-electron chi connectivity index (χ0n) is 15.8. The number of hydrogen-bond acceptors (Lipinski definition) is 6. The summed E-state index contributed by atoms with van der Waals surface area (Å²) in [5, 5.41) is 0. The van der Waals surface area contributed by atoms with E-state index in [0.717, 1.165) is 10.6 Å². The average Bonchev–Trinajstić information content (AvgIpc) is 3.31. The van der Waals surface area contributed by atoms with Crippen LogP contribution in [0.15, 0.2) is 34.9 Å². The minimum Gasteiger partial charge on any atom is -0.444 e. The number of rotatable bonds is 5. The van der Waals surface area contributed by atoms with Crippen molar-refractivity contribution in [1.82, 2.24) is 19.7 Å². The molecule has 2 aliphatic heterocycles. The summed E-state index contributed by atoms with van der Waals surface area (Å²) >= 11 is 0. The third-order valence-corrected chi connectivity index (χ3v) is 5.20. The molecule has 0 N–H and O–H groups in total. The number of piperazine rings is 1. The zero-order chi connectivity index (χ0) is 20.4. The Labute approximate surface area is 166 Å². The molecule has 152 valence electrons. The molecule has 0 aliphatic carbocycles. The highest BCUT2D eigenvalue weighted by Gasteiger charge is 2.32. The number of amides is 3. The third-order valence-electron chi connectivity index (χ3n) is 5.20. The molecule has 29 heavy (non-hydrogen) atoms. The number of likely N-dealkylation sites (tertiary alicyclic amines) is 1. The first-order valence-corrected chi connectivity index (χ1v) is 9.53. The van der Waals surface area contributed by atoms with E-state index < -0.39 is 0 Å². The number of oxazole rings is 1. The van der Waals surface area contributed by atoms with E-state index >= 15 is 0 Å². The van der Waals surface area contributed by atoms with Crippen LogP contribution in [-0.2, 0) is 20.9 Å². The third kappa shape index (κ3) is 4.34. The molecule has 3 heterocycles. The van der Waals surface area contributed by atoms with Crippen LogP contribution in [0.25, 0.3) is 11.5 Å². The first-order valence-electron chi connectivity index (χ1n) is 9.53. The van der Waals surface area contributed by atoms with Gasteiger partial charge in [-0.2, -0.15) is 0 Å². The molecule has 0 bridgehead atoms. The second-order valence-electron chi connectivity index (χ2n) is 7.18. The quantitative estimate of drug-likeness (QED) is 0.703. The number of carbonyl (C=O) groups is 3. The van der Waals surface area contributed by atoms with E-state index in [2.05, 4.69) is 9.88 Å². The first kappa shape index (κ1) is 19.3. The number of hydrogen-bond donors (Lipinski definition) is 0. The van der Waals surface area contributed by atoms with Crippen molar-refractivity contribution in [3.63, 3.8) is 0 Å². The second kappa shape index (κ2) is 8.12. The molecule has 2 aliphatic rings. The summed E-state index contributed by atoms with van der Waals surface area (Å²) in [6.45, 7) is 2.78. The molecule has 0 spiro atoms. The minimum absolute atomic E-state index is 0.165. The highest BCUT2D eigenvalue weighted by molar-refractivity contribution is 6.04. The topological polar surface area (TPSA) is 87.0 Å². The lowest BCUT2D eigenvalue weighted by Gasteiger charge is -2.34. The molecule has 2 saturated heterocycles. The largest absolute Gasteiger partial charge is 0.444 e. The summed E-state index contributed by atoms with van der Waals surface area (Å²) in [4.78, 5) is 45.1. The molecular weight excluding hydrogens is 379 g/mol. The van der Waals surface area contributed by atoms with Crippen LogP contribution in [0.3, 0.4) is 0 Å². The Morgan fingerprint density at radius 2 is 1.69 bits per heavy atom. The molecule has 9 heteroatoms. The summed E-state index contributed by atoms with van der Waals surface area (Å²) < 4.78 is 18.5. The molecule has 0 saturated carbocycles. The van der Waals surface area contributed by atoms with Gasteiger partial charge in [0.25, 0.3) is 0 Å². The van der Waals surface area contributed by atoms with E-state index in [1.165, 1.54) is 12.1 Å². The lowest BCUT2D eigenvalue weighted by atomic mass is 10.2. The molecule has 0 radical (unpaired) electrons. The van der Waals surface area contributed by atoms with Gasteiger partial charge in [0, 0.05) is 51.1 Å². The van der Waals surface area contributed by atoms with Gasteiger partial charge in [0.1, 0.15) is 18.6 Å². The molecule has 3 amide bonds. The molecule has 0 atom stereocenters. The zero-order valence-corrected chi connectivity index (χ0v) is 15.8. The number of halogens is 1. The Bertz CT molecular complexity index is 903. The van der Waals surface area contributed by atoms with Gasteiger partial charge in [-0.1, -0.05) is 0 Å². The van der Waals surface area contributed by atoms with Crippen molar-refractivity contribution >= 4 is 17.7 Å². The van der Waals surface area contributed by atoms with Crippen molar-refractivity contribution in [2.75, 3.05) is 32.7 Å². The first-order chi connectivity index (χ1) is 14.0. The van der Waals surface area contributed by atoms with Gasteiger partial charge < -0.3 is 9.32 Å². The van der Waals surface area contributed by atoms with E-state index in [4.69, 9.17) is 4.42 Å². The van der Waals surface area contributed by atoms with Crippen molar-refractivity contribution < 1.29 is 23.2 Å². The van der Waals surface area contributed by atoms with E-state index in [9.17, 15) is 18.8 Å². The molecule has 1 aromatic heterocycles. The Kier molecular flexibility index (Phi) is 5.39. The standard InChI is InChI=1S/C20H21FN4O4/c21-15-3-1-14(2-4-15)20-22-16(13-29-20)11-23-7-9-24(10-8-23)19(28)12-25-17(26)5-6-18(25)27/h1-4,13H,5-12H2. The van der Waals surface area contributed by atoms with Crippen molar-refractivity contribution in [3.8, 4) is 11.5 Å². The van der Waals surface area contributed by atoms with Crippen LogP contribution in [0.4, 0.5) is 4.39 Å². The number of aromatic nitrogens is 1. The summed E-state index contributed by atoms with van der Waals surface area (Å²) in [7, 11) is 0. The molecule has 2 aromatic rings. The maximum absolute atomic E-state index is 13.0. The van der Waals surface area contributed by atoms with E-state index in [1.807, 2.05) is 0 Å². The fraction of sp³-hybridized carbons (Fsp3) is 0.400. The van der Waals surface area contributed by atoms with E-state index in [0.29, 0.717) is 44.2 Å². The highest BCUT2D eigenvalue weighted by atomic mass is 19.1. The molecule has 1 aromatic carbocycles. The summed E-state index contributed by atoms with van der Waals surface area (Å²) in [5.41, 5.74) is 1.47. The Balaban J connectivity index is 1.28. The van der Waals surface area contributed by atoms with Gasteiger partial charge in [-0.15, -0.1) is 0 Å². The van der Waals surface area contributed by atoms with Gasteiger partial charge >= 0.3 is 0 Å². The Morgan fingerprint density at radius 3 is 2.34 bits per heavy atom. The maximum atomic E-state index is 13.0. The Hall–Kier alpha value is -3.07. The fourth-order valence-electron chi connectivity index (χ4n) is 3.52. The van der Waals surface area contributed by atoms with Crippen LogP contribution >= 0.6 is 0 Å².